The van der Waals surface area contributed by atoms with E-state index < -0.39 is 0 Å². The van der Waals surface area contributed by atoms with E-state index >= 15 is 0 Å². The topological polar surface area (TPSA) is 0 Å². The predicted octanol–water partition coefficient (Wildman–Crippen LogP) is 5.96. The smallest absolute Gasteiger partial charge is 0.0181 e. The molecule has 0 aliphatic heterocycles. The molecule has 0 unspecified atom stereocenters. The molecule has 0 radical (unpaired) electrons. The van der Waals surface area contributed by atoms with Crippen molar-refractivity contribution in [3.8, 4) is 0 Å². The van der Waals surface area contributed by atoms with Crippen molar-refractivity contribution in [2.24, 2.45) is 0 Å². The monoisotopic (exact) mass is 276 g/mol. The maximum absolute atomic E-state index is 2.26. The Bertz CT molecular complexity index is 678. The third-order valence-electron chi connectivity index (χ3n) is 3.75. The molecule has 0 amide bonds. The lowest BCUT2D eigenvalue weighted by atomic mass is 10.1. The van der Waals surface area contributed by atoms with Crippen molar-refractivity contribution in [2.75, 3.05) is 0 Å². The molecule has 0 fully saturated rings. The number of benzene rings is 3. The van der Waals surface area contributed by atoms with Gasteiger partial charge in [-0.15, -0.1) is 0 Å². The zero-order valence-electron chi connectivity index (χ0n) is 13.3. The normalized spacial score (nSPS) is 10.0. The van der Waals surface area contributed by atoms with Crippen LogP contribution in [0.4, 0.5) is 0 Å². The van der Waals surface area contributed by atoms with Crippen LogP contribution in [0.2, 0.25) is 0 Å². The summed E-state index contributed by atoms with van der Waals surface area (Å²) in [4.78, 5) is 0. The van der Waals surface area contributed by atoms with Crippen molar-refractivity contribution in [2.45, 2.75) is 33.6 Å². The zero-order valence-corrected chi connectivity index (χ0v) is 13.3. The fourth-order valence-corrected chi connectivity index (χ4v) is 2.28. The average molecular weight is 276 g/mol. The summed E-state index contributed by atoms with van der Waals surface area (Å²) in [5.41, 5.74) is 4.17. The minimum absolute atomic E-state index is 1.12. The highest BCUT2D eigenvalue weighted by atomic mass is 14.0. The van der Waals surface area contributed by atoms with Gasteiger partial charge in [-0.1, -0.05) is 86.1 Å². The summed E-state index contributed by atoms with van der Waals surface area (Å²) in [6.07, 6.45) is 2.26. The van der Waals surface area contributed by atoms with Crippen molar-refractivity contribution in [3.63, 3.8) is 0 Å². The Kier molecular flexibility index (Phi) is 5.57. The molecule has 0 aromatic heterocycles. The van der Waals surface area contributed by atoms with E-state index in [1.165, 1.54) is 27.5 Å². The van der Waals surface area contributed by atoms with Gasteiger partial charge in [0.05, 0.1) is 0 Å². The molecule has 0 N–H and O–H groups in total. The fraction of sp³-hybridized carbons (Fsp3) is 0.238. The Hall–Kier alpha value is -2.08. The van der Waals surface area contributed by atoms with Crippen LogP contribution in [0, 0.1) is 6.92 Å². The van der Waals surface area contributed by atoms with E-state index in [1.807, 2.05) is 0 Å². The van der Waals surface area contributed by atoms with Crippen LogP contribution in [0.25, 0.3) is 10.8 Å². The molecule has 3 aromatic rings. The van der Waals surface area contributed by atoms with Gasteiger partial charge in [-0.3, -0.25) is 0 Å². The van der Waals surface area contributed by atoms with E-state index in [0.717, 1.165) is 12.8 Å². The van der Waals surface area contributed by atoms with Gasteiger partial charge in [0.25, 0.3) is 0 Å². The summed E-state index contributed by atoms with van der Waals surface area (Å²) < 4.78 is 0. The van der Waals surface area contributed by atoms with Gasteiger partial charge in [0.15, 0.2) is 0 Å². The van der Waals surface area contributed by atoms with Crippen molar-refractivity contribution in [3.05, 3.63) is 83.4 Å². The molecule has 3 rings (SSSR count). The van der Waals surface area contributed by atoms with E-state index in [1.54, 1.807) is 0 Å². The van der Waals surface area contributed by atoms with Gasteiger partial charge in [-0.2, -0.15) is 0 Å². The average Bonchev–Trinajstić information content (AvgIpc) is 2.55. The minimum Gasteiger partial charge on any atom is -0.0616 e. The lowest BCUT2D eigenvalue weighted by molar-refractivity contribution is 1.14. The lowest BCUT2D eigenvalue weighted by Crippen LogP contribution is -1.79. The van der Waals surface area contributed by atoms with Crippen molar-refractivity contribution < 1.29 is 0 Å². The summed E-state index contributed by atoms with van der Waals surface area (Å²) in [6, 6.07) is 23.8. The molecule has 0 heteroatoms. The van der Waals surface area contributed by atoms with Gasteiger partial charge >= 0.3 is 0 Å². The third-order valence-corrected chi connectivity index (χ3v) is 3.75. The van der Waals surface area contributed by atoms with E-state index in [-0.39, 0.29) is 0 Å². The first kappa shape index (κ1) is 15.3. The molecule has 0 nitrogen and oxygen atoms in total. The van der Waals surface area contributed by atoms with Crippen LogP contribution in [0.15, 0.2) is 66.7 Å². The van der Waals surface area contributed by atoms with Crippen LogP contribution in [0.1, 0.15) is 30.5 Å². The van der Waals surface area contributed by atoms with Crippen LogP contribution < -0.4 is 0 Å². The molecule has 108 valence electrons. The minimum atomic E-state index is 1.12. The first-order chi connectivity index (χ1) is 10.2. The number of hydrogen-bond donors (Lipinski definition) is 0. The quantitative estimate of drug-likeness (QED) is 0.541. The maximum atomic E-state index is 2.26. The molecule has 3 aromatic carbocycles. The van der Waals surface area contributed by atoms with Gasteiger partial charge in [-0.05, 0) is 41.7 Å². The summed E-state index contributed by atoms with van der Waals surface area (Å²) in [6.45, 7) is 6.47. The summed E-state index contributed by atoms with van der Waals surface area (Å²) in [7, 11) is 0. The highest BCUT2D eigenvalue weighted by molar-refractivity contribution is 5.82. The largest absolute Gasteiger partial charge is 0.0616 e. The molecule has 0 saturated heterocycles. The number of aryl methyl sites for hydroxylation is 3. The Balaban J connectivity index is 0.000000161. The Labute approximate surface area is 128 Å². The second-order valence-electron chi connectivity index (χ2n) is 5.37. The first-order valence-electron chi connectivity index (χ1n) is 7.76. The molecular weight excluding hydrogens is 252 g/mol. The molecule has 0 heterocycles. The molecule has 0 saturated carbocycles. The number of fused-ring (bicyclic) bond motifs is 1. The van der Waals surface area contributed by atoms with Gasteiger partial charge in [0, 0.05) is 0 Å². The van der Waals surface area contributed by atoms with E-state index in [9.17, 15) is 0 Å². The molecule has 0 bridgehead atoms. The van der Waals surface area contributed by atoms with Gasteiger partial charge in [0.1, 0.15) is 0 Å². The molecule has 0 aliphatic carbocycles. The fourth-order valence-electron chi connectivity index (χ4n) is 2.28. The van der Waals surface area contributed by atoms with Crippen LogP contribution in [0.3, 0.4) is 0 Å². The maximum Gasteiger partial charge on any atom is -0.0181 e. The Morgan fingerprint density at radius 2 is 1.19 bits per heavy atom. The lowest BCUT2D eigenvalue weighted by Gasteiger charge is -1.99. The summed E-state index contributed by atoms with van der Waals surface area (Å²) in [5, 5.41) is 2.67. The number of rotatable bonds is 2. The van der Waals surface area contributed by atoms with E-state index in [4.69, 9.17) is 0 Å². The second kappa shape index (κ2) is 7.64. The zero-order chi connectivity index (χ0) is 15.1. The van der Waals surface area contributed by atoms with Crippen LogP contribution in [-0.4, -0.2) is 0 Å². The van der Waals surface area contributed by atoms with Crippen molar-refractivity contribution in [1.82, 2.24) is 0 Å². The van der Waals surface area contributed by atoms with Crippen molar-refractivity contribution in [1.29, 1.82) is 0 Å². The molecule has 0 atom stereocenters. The standard InChI is InChI=1S/C12H12.C9H12/c1-2-10-7-8-11-5-3-4-6-12(11)9-10;1-3-9-6-4-8(2)5-7-9/h3-9H,2H2,1H3;4-7H,3H2,1-2H3. The molecule has 0 aliphatic rings. The van der Waals surface area contributed by atoms with Gasteiger partial charge < -0.3 is 0 Å². The van der Waals surface area contributed by atoms with Crippen LogP contribution >= 0.6 is 0 Å². The second-order valence-corrected chi connectivity index (χ2v) is 5.37. The van der Waals surface area contributed by atoms with E-state index in [2.05, 4.69) is 87.5 Å². The Morgan fingerprint density at radius 1 is 0.619 bits per heavy atom. The molecule has 21 heavy (non-hydrogen) atoms. The van der Waals surface area contributed by atoms with Gasteiger partial charge in [0.2, 0.25) is 0 Å². The highest BCUT2D eigenvalue weighted by Crippen LogP contribution is 2.15. The van der Waals surface area contributed by atoms with Crippen molar-refractivity contribution >= 4 is 10.8 Å². The first-order valence-corrected chi connectivity index (χ1v) is 7.76. The summed E-state index contributed by atoms with van der Waals surface area (Å²) >= 11 is 0. The van der Waals surface area contributed by atoms with Crippen LogP contribution in [-0.2, 0) is 12.8 Å². The molecular formula is C21H24. The number of hydrogen-bond acceptors (Lipinski definition) is 0. The highest BCUT2D eigenvalue weighted by Gasteiger charge is 1.92. The van der Waals surface area contributed by atoms with E-state index in [0.29, 0.717) is 0 Å². The summed E-state index contributed by atoms with van der Waals surface area (Å²) in [5.74, 6) is 0. The van der Waals surface area contributed by atoms with Crippen LogP contribution in [0.5, 0.6) is 0 Å². The van der Waals surface area contributed by atoms with Gasteiger partial charge in [-0.25, -0.2) is 0 Å². The molecule has 0 spiro atoms. The SMILES string of the molecule is CCc1ccc(C)cc1.CCc1ccc2ccccc2c1. The predicted molar refractivity (Wildman–Crippen MR) is 93.9 cm³/mol. The Morgan fingerprint density at radius 3 is 1.81 bits per heavy atom. The third kappa shape index (κ3) is 4.46.